The van der Waals surface area contributed by atoms with Crippen LogP contribution in [0.1, 0.15) is 0 Å². The van der Waals surface area contributed by atoms with E-state index in [1.54, 1.807) is 0 Å². The van der Waals surface area contributed by atoms with Crippen LogP contribution in [0.15, 0.2) is 223 Å². The van der Waals surface area contributed by atoms with Crippen LogP contribution >= 0.6 is 0 Å². The van der Waals surface area contributed by atoms with Crippen molar-refractivity contribution in [2.24, 2.45) is 0 Å². The zero-order valence-corrected chi connectivity index (χ0v) is 34.0. The summed E-state index contributed by atoms with van der Waals surface area (Å²) in [5, 5.41) is 5.36. The van der Waals surface area contributed by atoms with Crippen molar-refractivity contribution < 1.29 is 4.42 Å². The Morgan fingerprint density at radius 1 is 0.270 bits per heavy atom. The van der Waals surface area contributed by atoms with Crippen LogP contribution < -0.4 is 0 Å². The van der Waals surface area contributed by atoms with Crippen LogP contribution in [-0.4, -0.2) is 19.9 Å². The predicted molar refractivity (Wildman–Crippen MR) is 258 cm³/mol. The number of fused-ring (bicyclic) bond motifs is 7. The van der Waals surface area contributed by atoms with Gasteiger partial charge in [0.05, 0.1) is 16.6 Å². The summed E-state index contributed by atoms with van der Waals surface area (Å²) < 4.78 is 6.57. The SMILES string of the molecule is c1ccc(-c2ccc(-c3nc(-c4ccc(-c5ccccc5)cc4)nc(-c4ccc(-c5ccc(-c6nc7c8ccccc8ccc7c7oc8ccccc8c67)cc5)cc4)n3)cc2)cc1. The van der Waals surface area contributed by atoms with Gasteiger partial charge in [-0.05, 0) is 50.9 Å². The van der Waals surface area contributed by atoms with Crippen LogP contribution in [0.25, 0.3) is 122 Å². The lowest BCUT2D eigenvalue weighted by atomic mass is 9.98. The molecule has 0 N–H and O–H groups in total. The van der Waals surface area contributed by atoms with Crippen molar-refractivity contribution in [1.29, 1.82) is 0 Å². The maximum atomic E-state index is 6.57. The molecule has 12 rings (SSSR count). The van der Waals surface area contributed by atoms with E-state index in [2.05, 4.69) is 194 Å². The molecule has 0 bridgehead atoms. The number of hydrogen-bond donors (Lipinski definition) is 0. The molecule has 0 aliphatic heterocycles. The predicted octanol–water partition coefficient (Wildman–Crippen LogP) is 15.1. The van der Waals surface area contributed by atoms with Crippen molar-refractivity contribution >= 4 is 43.6 Å². The highest BCUT2D eigenvalue weighted by molar-refractivity contribution is 6.22. The summed E-state index contributed by atoms with van der Waals surface area (Å²) in [4.78, 5) is 20.5. The first-order chi connectivity index (χ1) is 31.2. The van der Waals surface area contributed by atoms with E-state index in [9.17, 15) is 0 Å². The van der Waals surface area contributed by atoms with Crippen LogP contribution in [0.4, 0.5) is 0 Å². The monoisotopic (exact) mass is 804 g/mol. The number of rotatable bonds is 7. The molecule has 0 saturated heterocycles. The van der Waals surface area contributed by atoms with Gasteiger partial charge in [0, 0.05) is 38.4 Å². The smallest absolute Gasteiger partial charge is 0.164 e. The zero-order valence-electron chi connectivity index (χ0n) is 34.0. The Kier molecular flexibility index (Phi) is 8.75. The van der Waals surface area contributed by atoms with E-state index in [0.717, 1.165) is 105 Å². The number of para-hydroxylation sites is 1. The summed E-state index contributed by atoms with van der Waals surface area (Å²) in [7, 11) is 0. The summed E-state index contributed by atoms with van der Waals surface area (Å²) in [6.45, 7) is 0. The zero-order chi connectivity index (χ0) is 41.7. The maximum absolute atomic E-state index is 6.57. The molecule has 0 aliphatic carbocycles. The van der Waals surface area contributed by atoms with Crippen molar-refractivity contribution in [3.8, 4) is 78.8 Å². The second-order valence-electron chi connectivity index (χ2n) is 15.8. The van der Waals surface area contributed by atoms with Gasteiger partial charge in [-0.25, -0.2) is 19.9 Å². The van der Waals surface area contributed by atoms with Crippen LogP contribution in [0, 0.1) is 0 Å². The Bertz CT molecular complexity index is 3520. The first-order valence-electron chi connectivity index (χ1n) is 21.1. The maximum Gasteiger partial charge on any atom is 0.164 e. The van der Waals surface area contributed by atoms with E-state index in [0.29, 0.717) is 17.5 Å². The van der Waals surface area contributed by atoms with Gasteiger partial charge >= 0.3 is 0 Å². The summed E-state index contributed by atoms with van der Waals surface area (Å²) >= 11 is 0. The number of nitrogens with zero attached hydrogens (tertiary/aromatic N) is 4. The minimum Gasteiger partial charge on any atom is -0.455 e. The highest BCUT2D eigenvalue weighted by Gasteiger charge is 2.19. The Balaban J connectivity index is 0.904. The summed E-state index contributed by atoms with van der Waals surface area (Å²) in [6, 6.07) is 75.7. The Morgan fingerprint density at radius 2 is 0.667 bits per heavy atom. The summed E-state index contributed by atoms with van der Waals surface area (Å²) in [5.74, 6) is 1.86. The standard InChI is InChI=1S/C58H36N4O/c1-3-11-37(12-4-1)39-21-29-45(30-22-39)56-60-57(46-31-23-40(24-32-46)38-13-5-2-6-14-38)62-58(61-56)47-33-25-42(26-34-47)41-19-27-44(28-20-41)53-52-49-17-9-10-18-51(49)63-55(52)50-36-35-43-15-7-8-16-48(43)54(50)59-53/h1-36H. The Labute approximate surface area is 363 Å². The van der Waals surface area contributed by atoms with Crippen molar-refractivity contribution in [2.45, 2.75) is 0 Å². The molecule has 0 saturated carbocycles. The second kappa shape index (κ2) is 15.2. The average molecular weight is 805 g/mol. The Morgan fingerprint density at radius 3 is 1.17 bits per heavy atom. The molecular formula is C58H36N4O. The molecule has 0 radical (unpaired) electrons. The average Bonchev–Trinajstić information content (AvgIpc) is 3.77. The van der Waals surface area contributed by atoms with Gasteiger partial charge in [-0.1, -0.05) is 206 Å². The van der Waals surface area contributed by atoms with Gasteiger partial charge in [-0.2, -0.15) is 0 Å². The molecule has 9 aromatic carbocycles. The van der Waals surface area contributed by atoms with Gasteiger partial charge in [-0.15, -0.1) is 0 Å². The fourth-order valence-electron chi connectivity index (χ4n) is 8.69. The van der Waals surface area contributed by atoms with Crippen LogP contribution in [0.3, 0.4) is 0 Å². The number of aromatic nitrogens is 4. The third-order valence-corrected chi connectivity index (χ3v) is 12.0. The van der Waals surface area contributed by atoms with E-state index in [-0.39, 0.29) is 0 Å². The Hall–Kier alpha value is -8.54. The first-order valence-corrected chi connectivity index (χ1v) is 21.1. The quantitative estimate of drug-likeness (QED) is 0.150. The number of benzene rings is 9. The minimum atomic E-state index is 0.613. The molecule has 0 unspecified atom stereocenters. The van der Waals surface area contributed by atoms with E-state index in [1.165, 1.54) is 0 Å². The summed E-state index contributed by atoms with van der Waals surface area (Å²) in [5.41, 5.74) is 14.1. The van der Waals surface area contributed by atoms with E-state index < -0.39 is 0 Å². The lowest BCUT2D eigenvalue weighted by Gasteiger charge is -2.11. The number of furan rings is 1. The molecule has 12 aromatic rings. The van der Waals surface area contributed by atoms with Crippen molar-refractivity contribution in [2.75, 3.05) is 0 Å². The fourth-order valence-corrected chi connectivity index (χ4v) is 8.69. The normalized spacial score (nSPS) is 11.5. The van der Waals surface area contributed by atoms with E-state index in [4.69, 9.17) is 24.4 Å². The first kappa shape index (κ1) is 36.3. The molecule has 3 aromatic heterocycles. The van der Waals surface area contributed by atoms with Gasteiger partial charge in [0.25, 0.3) is 0 Å². The molecular weight excluding hydrogens is 769 g/mol. The third kappa shape index (κ3) is 6.60. The van der Waals surface area contributed by atoms with E-state index >= 15 is 0 Å². The lowest BCUT2D eigenvalue weighted by molar-refractivity contribution is 0.672. The molecule has 5 heteroatoms. The lowest BCUT2D eigenvalue weighted by Crippen LogP contribution is -2.00. The topological polar surface area (TPSA) is 64.7 Å². The minimum absolute atomic E-state index is 0.613. The van der Waals surface area contributed by atoms with Gasteiger partial charge in [0.2, 0.25) is 0 Å². The van der Waals surface area contributed by atoms with Crippen molar-refractivity contribution in [3.63, 3.8) is 0 Å². The molecule has 0 fully saturated rings. The van der Waals surface area contributed by atoms with Gasteiger partial charge in [0.1, 0.15) is 11.2 Å². The second-order valence-corrected chi connectivity index (χ2v) is 15.8. The molecule has 0 amide bonds. The van der Waals surface area contributed by atoms with Gasteiger partial charge < -0.3 is 4.42 Å². The third-order valence-electron chi connectivity index (χ3n) is 12.0. The molecule has 294 valence electrons. The van der Waals surface area contributed by atoms with Crippen molar-refractivity contribution in [1.82, 2.24) is 19.9 Å². The number of hydrogen-bond acceptors (Lipinski definition) is 5. The van der Waals surface area contributed by atoms with Gasteiger partial charge in [0.15, 0.2) is 17.5 Å². The van der Waals surface area contributed by atoms with Gasteiger partial charge in [-0.3, -0.25) is 0 Å². The van der Waals surface area contributed by atoms with Crippen molar-refractivity contribution in [3.05, 3.63) is 218 Å². The van der Waals surface area contributed by atoms with Crippen LogP contribution in [0.5, 0.6) is 0 Å². The molecule has 3 heterocycles. The molecule has 0 aliphatic rings. The van der Waals surface area contributed by atoms with Crippen LogP contribution in [0.2, 0.25) is 0 Å². The highest BCUT2D eigenvalue weighted by Crippen LogP contribution is 2.41. The highest BCUT2D eigenvalue weighted by atomic mass is 16.3. The molecule has 63 heavy (non-hydrogen) atoms. The van der Waals surface area contributed by atoms with Crippen LogP contribution in [-0.2, 0) is 0 Å². The fraction of sp³-hybridized carbons (Fsp3) is 0. The summed E-state index contributed by atoms with van der Waals surface area (Å²) in [6.07, 6.45) is 0. The molecule has 5 nitrogen and oxygen atoms in total. The van der Waals surface area contributed by atoms with E-state index in [1.807, 2.05) is 24.3 Å². The molecule has 0 atom stereocenters. The largest absolute Gasteiger partial charge is 0.455 e. The number of pyridine rings is 1. The molecule has 0 spiro atoms.